The highest BCUT2D eigenvalue weighted by atomic mass is 16.5. The number of rotatable bonds is 7. The molecular formula is C20H33N5O2. The van der Waals surface area contributed by atoms with E-state index in [1.54, 1.807) is 14.1 Å². The maximum atomic E-state index is 11.5. The van der Waals surface area contributed by atoms with Crippen LogP contribution >= 0.6 is 0 Å². The Hall–Kier alpha value is -2.28. The topological polar surface area (TPSA) is 78.0 Å². The van der Waals surface area contributed by atoms with Gasteiger partial charge in [-0.15, -0.1) is 0 Å². The first-order chi connectivity index (χ1) is 13.0. The Bertz CT molecular complexity index is 627. The van der Waals surface area contributed by atoms with Gasteiger partial charge in [0.2, 0.25) is 5.91 Å². The highest BCUT2D eigenvalue weighted by Crippen LogP contribution is 2.14. The van der Waals surface area contributed by atoms with Gasteiger partial charge in [0.15, 0.2) is 5.96 Å². The molecule has 1 saturated heterocycles. The minimum absolute atomic E-state index is 0.0275. The summed E-state index contributed by atoms with van der Waals surface area (Å²) in [4.78, 5) is 18.0. The molecule has 7 nitrogen and oxygen atoms in total. The molecule has 1 aliphatic rings. The minimum Gasteiger partial charge on any atom is -0.489 e. The molecule has 1 unspecified atom stereocenters. The van der Waals surface area contributed by atoms with Gasteiger partial charge in [0.1, 0.15) is 11.9 Å². The van der Waals surface area contributed by atoms with Crippen LogP contribution in [0.25, 0.3) is 0 Å². The van der Waals surface area contributed by atoms with Crippen LogP contribution in [0.3, 0.4) is 0 Å². The summed E-state index contributed by atoms with van der Waals surface area (Å²) in [5.74, 6) is 1.75. The summed E-state index contributed by atoms with van der Waals surface area (Å²) in [6.07, 6.45) is 2.01. The smallest absolute Gasteiger partial charge is 0.233 e. The Morgan fingerprint density at radius 1 is 1.37 bits per heavy atom. The number of carbonyl (C=O) groups excluding carboxylic acids is 1. The zero-order chi connectivity index (χ0) is 19.6. The van der Waals surface area contributed by atoms with Crippen molar-refractivity contribution in [2.75, 3.05) is 40.3 Å². The molecule has 1 amide bonds. The van der Waals surface area contributed by atoms with Gasteiger partial charge in [0.05, 0.1) is 13.1 Å². The van der Waals surface area contributed by atoms with Gasteiger partial charge < -0.3 is 20.7 Å². The number of ether oxygens (including phenoxy) is 1. The van der Waals surface area contributed by atoms with Crippen molar-refractivity contribution in [1.82, 2.24) is 20.9 Å². The molecule has 0 aromatic heterocycles. The molecule has 1 fully saturated rings. The zero-order valence-electron chi connectivity index (χ0n) is 16.9. The number of hydrogen-bond acceptors (Lipinski definition) is 4. The van der Waals surface area contributed by atoms with E-state index in [0.29, 0.717) is 19.1 Å². The molecule has 3 N–H and O–H groups in total. The first kappa shape index (κ1) is 21.0. The Morgan fingerprint density at radius 3 is 2.74 bits per heavy atom. The van der Waals surface area contributed by atoms with E-state index in [1.807, 2.05) is 25.1 Å². The van der Waals surface area contributed by atoms with Gasteiger partial charge in [-0.3, -0.25) is 14.7 Å². The van der Waals surface area contributed by atoms with Crippen molar-refractivity contribution in [3.05, 3.63) is 29.8 Å². The normalized spacial score (nSPS) is 17.3. The van der Waals surface area contributed by atoms with E-state index in [9.17, 15) is 4.79 Å². The second-order valence-electron chi connectivity index (χ2n) is 7.07. The fourth-order valence-corrected chi connectivity index (χ4v) is 3.11. The van der Waals surface area contributed by atoms with E-state index in [4.69, 9.17) is 4.74 Å². The number of likely N-dealkylation sites (N-methyl/N-ethyl adjacent to an activating group) is 1. The summed E-state index contributed by atoms with van der Waals surface area (Å²) >= 11 is 0. The van der Waals surface area contributed by atoms with Crippen molar-refractivity contribution in [3.8, 4) is 5.75 Å². The number of guanidine groups is 1. The lowest BCUT2D eigenvalue weighted by atomic mass is 10.1. The molecule has 1 atom stereocenters. The maximum absolute atomic E-state index is 11.5. The molecule has 27 heavy (non-hydrogen) atoms. The Labute approximate surface area is 162 Å². The lowest BCUT2D eigenvalue weighted by Crippen LogP contribution is -2.51. The van der Waals surface area contributed by atoms with Crippen LogP contribution in [0.1, 0.15) is 25.3 Å². The van der Waals surface area contributed by atoms with Gasteiger partial charge in [-0.05, 0) is 44.4 Å². The third-order valence-corrected chi connectivity index (χ3v) is 4.68. The average Bonchev–Trinajstić information content (AvgIpc) is 2.66. The maximum Gasteiger partial charge on any atom is 0.233 e. The standard InChI is InChI=1S/C20H33N5O2/c1-15-6-5-7-18(12-15)27-16(2)13-23-20(22-4)24-17-8-10-25(11-9-17)14-19(26)21-3/h5-7,12,16-17H,8-11,13-14H2,1-4H3,(H,21,26)(H2,22,23,24). The quantitative estimate of drug-likeness (QED) is 0.492. The molecule has 7 heteroatoms. The first-order valence-electron chi connectivity index (χ1n) is 9.63. The highest BCUT2D eigenvalue weighted by molar-refractivity contribution is 5.80. The van der Waals surface area contributed by atoms with Crippen molar-refractivity contribution in [2.24, 2.45) is 4.99 Å². The van der Waals surface area contributed by atoms with E-state index < -0.39 is 0 Å². The number of amides is 1. The third kappa shape index (κ3) is 7.46. The molecule has 2 rings (SSSR count). The predicted molar refractivity (Wildman–Crippen MR) is 109 cm³/mol. The number of aliphatic imine (C=N–C) groups is 1. The monoisotopic (exact) mass is 375 g/mol. The molecular weight excluding hydrogens is 342 g/mol. The predicted octanol–water partition coefficient (Wildman–Crippen LogP) is 1.14. The van der Waals surface area contributed by atoms with Gasteiger partial charge in [0, 0.05) is 33.2 Å². The van der Waals surface area contributed by atoms with E-state index in [-0.39, 0.29) is 12.0 Å². The Morgan fingerprint density at radius 2 is 2.11 bits per heavy atom. The summed E-state index contributed by atoms with van der Waals surface area (Å²) in [6.45, 7) is 7.07. The molecule has 0 radical (unpaired) electrons. The summed E-state index contributed by atoms with van der Waals surface area (Å²) in [7, 11) is 3.46. The summed E-state index contributed by atoms with van der Waals surface area (Å²) in [5.41, 5.74) is 1.19. The van der Waals surface area contributed by atoms with E-state index in [1.165, 1.54) is 5.56 Å². The van der Waals surface area contributed by atoms with Crippen LogP contribution < -0.4 is 20.7 Å². The van der Waals surface area contributed by atoms with Crippen LogP contribution in [0.2, 0.25) is 0 Å². The first-order valence-corrected chi connectivity index (χ1v) is 9.63. The fourth-order valence-electron chi connectivity index (χ4n) is 3.11. The fraction of sp³-hybridized carbons (Fsp3) is 0.600. The number of nitrogens with zero attached hydrogens (tertiary/aromatic N) is 2. The van der Waals surface area contributed by atoms with Crippen molar-refractivity contribution in [3.63, 3.8) is 0 Å². The number of piperidine rings is 1. The summed E-state index contributed by atoms with van der Waals surface area (Å²) in [6, 6.07) is 8.44. The van der Waals surface area contributed by atoms with E-state index in [2.05, 4.69) is 38.8 Å². The van der Waals surface area contributed by atoms with E-state index in [0.717, 1.165) is 37.6 Å². The molecule has 150 valence electrons. The van der Waals surface area contributed by atoms with Crippen molar-refractivity contribution >= 4 is 11.9 Å². The van der Waals surface area contributed by atoms with E-state index >= 15 is 0 Å². The number of aryl methyl sites for hydroxylation is 1. The van der Waals surface area contributed by atoms with Gasteiger partial charge >= 0.3 is 0 Å². The summed E-state index contributed by atoms with van der Waals surface area (Å²) < 4.78 is 5.95. The van der Waals surface area contributed by atoms with Crippen molar-refractivity contribution < 1.29 is 9.53 Å². The SMILES string of the molecule is CN=C(NCC(C)Oc1cccc(C)c1)NC1CCN(CC(=O)NC)CC1. The molecule has 0 bridgehead atoms. The molecule has 1 aliphatic heterocycles. The van der Waals surface area contributed by atoms with Crippen LogP contribution in [0.4, 0.5) is 0 Å². The highest BCUT2D eigenvalue weighted by Gasteiger charge is 2.21. The van der Waals surface area contributed by atoms with Crippen LogP contribution in [0.5, 0.6) is 5.75 Å². The molecule has 1 aromatic carbocycles. The second kappa shape index (κ2) is 10.8. The largest absolute Gasteiger partial charge is 0.489 e. The van der Waals surface area contributed by atoms with Crippen LogP contribution in [-0.2, 0) is 4.79 Å². The number of hydrogen-bond donors (Lipinski definition) is 3. The number of likely N-dealkylation sites (tertiary alicyclic amines) is 1. The Balaban J connectivity index is 1.70. The lowest BCUT2D eigenvalue weighted by Gasteiger charge is -2.32. The average molecular weight is 376 g/mol. The molecule has 1 aromatic rings. The van der Waals surface area contributed by atoms with Crippen molar-refractivity contribution in [2.45, 2.75) is 38.8 Å². The third-order valence-electron chi connectivity index (χ3n) is 4.68. The number of nitrogens with one attached hydrogen (secondary N) is 3. The number of benzene rings is 1. The lowest BCUT2D eigenvalue weighted by molar-refractivity contribution is -0.122. The number of carbonyl (C=O) groups is 1. The molecule has 1 heterocycles. The van der Waals surface area contributed by atoms with Gasteiger partial charge in [0.25, 0.3) is 0 Å². The van der Waals surface area contributed by atoms with Gasteiger partial charge in [-0.1, -0.05) is 12.1 Å². The Kier molecular flexibility index (Phi) is 8.39. The molecule has 0 saturated carbocycles. The minimum atomic E-state index is 0.0275. The van der Waals surface area contributed by atoms with Gasteiger partial charge in [-0.25, -0.2) is 0 Å². The summed E-state index contributed by atoms with van der Waals surface area (Å²) in [5, 5.41) is 9.49. The van der Waals surface area contributed by atoms with Crippen LogP contribution in [0, 0.1) is 6.92 Å². The second-order valence-corrected chi connectivity index (χ2v) is 7.07. The zero-order valence-corrected chi connectivity index (χ0v) is 16.9. The van der Waals surface area contributed by atoms with Crippen LogP contribution in [-0.4, -0.2) is 69.2 Å². The van der Waals surface area contributed by atoms with Crippen LogP contribution in [0.15, 0.2) is 29.3 Å². The van der Waals surface area contributed by atoms with Crippen molar-refractivity contribution in [1.29, 1.82) is 0 Å². The molecule has 0 spiro atoms. The molecule has 0 aliphatic carbocycles. The van der Waals surface area contributed by atoms with Gasteiger partial charge in [-0.2, -0.15) is 0 Å².